The van der Waals surface area contributed by atoms with E-state index in [1.54, 1.807) is 12.4 Å². The zero-order chi connectivity index (χ0) is 21.6. The van der Waals surface area contributed by atoms with Crippen LogP contribution in [0.3, 0.4) is 0 Å². The van der Waals surface area contributed by atoms with Crippen LogP contribution < -0.4 is 0 Å². The first-order valence-electron chi connectivity index (χ1n) is 10.3. The number of ether oxygens (including phenoxy) is 1. The minimum atomic E-state index is -0.477. The Balaban J connectivity index is 1.48. The van der Waals surface area contributed by atoms with Gasteiger partial charge < -0.3 is 14.9 Å². The van der Waals surface area contributed by atoms with Crippen LogP contribution in [0, 0.1) is 11.8 Å². The Labute approximate surface area is 187 Å². The Morgan fingerprint density at radius 1 is 1.03 bits per heavy atom. The highest BCUT2D eigenvalue weighted by Crippen LogP contribution is 2.33. The molecular weight excluding hydrogens is 410 g/mol. The van der Waals surface area contributed by atoms with Crippen LogP contribution in [0.15, 0.2) is 67.0 Å². The van der Waals surface area contributed by atoms with Crippen LogP contribution in [0.4, 0.5) is 0 Å². The molecule has 1 saturated heterocycles. The fourth-order valence-electron chi connectivity index (χ4n) is 3.76. The summed E-state index contributed by atoms with van der Waals surface area (Å²) in [7, 11) is 0. The van der Waals surface area contributed by atoms with Gasteiger partial charge >= 0.3 is 0 Å². The largest absolute Gasteiger partial charge is 0.394 e. The fourth-order valence-corrected chi connectivity index (χ4v) is 3.94. The zero-order valence-corrected chi connectivity index (χ0v) is 17.8. The number of benzene rings is 2. The van der Waals surface area contributed by atoms with Crippen molar-refractivity contribution < 1.29 is 14.9 Å². The average Bonchev–Trinajstić information content (AvgIpc) is 2.80. The number of aromatic nitrogens is 1. The van der Waals surface area contributed by atoms with Crippen molar-refractivity contribution in [3.63, 3.8) is 0 Å². The Morgan fingerprint density at radius 2 is 1.84 bits per heavy atom. The molecule has 1 aliphatic heterocycles. The second-order valence-electron chi connectivity index (χ2n) is 7.77. The van der Waals surface area contributed by atoms with Crippen LogP contribution in [0.2, 0.25) is 5.02 Å². The predicted molar refractivity (Wildman–Crippen MR) is 121 cm³/mol. The second-order valence-corrected chi connectivity index (χ2v) is 8.18. The summed E-state index contributed by atoms with van der Waals surface area (Å²) < 4.78 is 5.94. The molecule has 3 atom stereocenters. The van der Waals surface area contributed by atoms with E-state index in [9.17, 15) is 10.2 Å². The second kappa shape index (κ2) is 10.1. The standard InChI is InChI=1S/C26H24ClNO3/c27-25-10-9-21(26-15-23(30)14-24(17-29)31-26)13-22(25)12-19-6-3-18(4-7-19)5-8-20-2-1-11-28-16-20/h1-4,6-7,9-11,13,16,23-24,26,29-30H,12,14-15,17H2. The van der Waals surface area contributed by atoms with Crippen molar-refractivity contribution >= 4 is 11.6 Å². The van der Waals surface area contributed by atoms with Crippen molar-refractivity contribution in [1.29, 1.82) is 0 Å². The van der Waals surface area contributed by atoms with E-state index in [0.717, 1.165) is 27.8 Å². The minimum absolute atomic E-state index is 0.0932. The van der Waals surface area contributed by atoms with E-state index in [-0.39, 0.29) is 18.8 Å². The van der Waals surface area contributed by atoms with Crippen LogP contribution in [-0.2, 0) is 11.2 Å². The summed E-state index contributed by atoms with van der Waals surface area (Å²) >= 11 is 6.46. The average molecular weight is 434 g/mol. The molecule has 3 aromatic rings. The van der Waals surface area contributed by atoms with E-state index in [1.807, 2.05) is 42.5 Å². The monoisotopic (exact) mass is 433 g/mol. The highest BCUT2D eigenvalue weighted by molar-refractivity contribution is 6.31. The van der Waals surface area contributed by atoms with Crippen molar-refractivity contribution in [2.45, 2.75) is 37.6 Å². The normalized spacial score (nSPS) is 20.7. The molecule has 4 rings (SSSR count). The number of aliphatic hydroxyl groups is 2. The molecule has 0 spiro atoms. The summed E-state index contributed by atoms with van der Waals surface area (Å²) in [5, 5.41) is 20.2. The van der Waals surface area contributed by atoms with E-state index < -0.39 is 6.10 Å². The summed E-state index contributed by atoms with van der Waals surface area (Å²) in [6, 6.07) is 17.8. The molecule has 0 radical (unpaired) electrons. The third-order valence-electron chi connectivity index (χ3n) is 5.38. The van der Waals surface area contributed by atoms with Crippen LogP contribution >= 0.6 is 11.6 Å². The number of halogens is 1. The molecule has 3 unspecified atom stereocenters. The summed E-state index contributed by atoms with van der Waals surface area (Å²) in [5.74, 6) is 6.26. The molecule has 4 nitrogen and oxygen atoms in total. The maximum atomic E-state index is 10.1. The molecule has 31 heavy (non-hydrogen) atoms. The molecule has 2 heterocycles. The van der Waals surface area contributed by atoms with Gasteiger partial charge in [-0.1, -0.05) is 47.7 Å². The summed E-state index contributed by atoms with van der Waals surface area (Å²) in [6.45, 7) is -0.0932. The molecule has 0 amide bonds. The molecular formula is C26H24ClNO3. The molecule has 0 aliphatic carbocycles. The molecule has 2 N–H and O–H groups in total. The minimum Gasteiger partial charge on any atom is -0.394 e. The number of rotatable bonds is 4. The molecule has 2 aromatic carbocycles. The van der Waals surface area contributed by atoms with E-state index in [0.29, 0.717) is 24.3 Å². The molecule has 1 aliphatic rings. The van der Waals surface area contributed by atoms with Crippen molar-refractivity contribution in [1.82, 2.24) is 4.98 Å². The van der Waals surface area contributed by atoms with Crippen molar-refractivity contribution in [2.75, 3.05) is 6.61 Å². The molecule has 0 saturated carbocycles. The Kier molecular flexibility index (Phi) is 7.01. The van der Waals surface area contributed by atoms with Crippen molar-refractivity contribution in [3.05, 3.63) is 99.8 Å². The van der Waals surface area contributed by atoms with Gasteiger partial charge in [0, 0.05) is 41.4 Å². The third-order valence-corrected chi connectivity index (χ3v) is 5.75. The van der Waals surface area contributed by atoms with Gasteiger partial charge in [-0.25, -0.2) is 0 Å². The van der Waals surface area contributed by atoms with Crippen molar-refractivity contribution in [3.8, 4) is 11.8 Å². The van der Waals surface area contributed by atoms with E-state index >= 15 is 0 Å². The Hall–Kier alpha value is -2.68. The smallest absolute Gasteiger partial charge is 0.0854 e. The first-order chi connectivity index (χ1) is 15.1. The van der Waals surface area contributed by atoms with Crippen LogP contribution in [0.25, 0.3) is 0 Å². The first kappa shape index (κ1) is 21.5. The van der Waals surface area contributed by atoms with Crippen LogP contribution in [0.1, 0.15) is 46.8 Å². The number of aliphatic hydroxyl groups excluding tert-OH is 2. The van der Waals surface area contributed by atoms with Crippen LogP contribution in [0.5, 0.6) is 0 Å². The SMILES string of the molecule is OCC1CC(O)CC(c2ccc(Cl)c(Cc3ccc(C#Cc4cccnc4)cc3)c2)O1. The van der Waals surface area contributed by atoms with E-state index in [2.05, 4.69) is 29.0 Å². The van der Waals surface area contributed by atoms with Gasteiger partial charge in [0.2, 0.25) is 0 Å². The van der Waals surface area contributed by atoms with Gasteiger partial charge in [-0.2, -0.15) is 0 Å². The molecule has 5 heteroatoms. The number of pyridine rings is 1. The molecule has 0 bridgehead atoms. The fraction of sp³-hybridized carbons (Fsp3) is 0.269. The first-order valence-corrected chi connectivity index (χ1v) is 10.7. The topological polar surface area (TPSA) is 62.6 Å². The lowest BCUT2D eigenvalue weighted by molar-refractivity contribution is -0.113. The predicted octanol–water partition coefficient (Wildman–Crippen LogP) is 4.30. The summed E-state index contributed by atoms with van der Waals surface area (Å²) in [4.78, 5) is 4.07. The maximum Gasteiger partial charge on any atom is 0.0854 e. The highest BCUT2D eigenvalue weighted by atomic mass is 35.5. The van der Waals surface area contributed by atoms with Gasteiger partial charge in [0.1, 0.15) is 0 Å². The zero-order valence-electron chi connectivity index (χ0n) is 17.0. The van der Waals surface area contributed by atoms with Gasteiger partial charge in [-0.3, -0.25) is 4.98 Å². The van der Waals surface area contributed by atoms with Gasteiger partial charge in [-0.15, -0.1) is 0 Å². The summed E-state index contributed by atoms with van der Waals surface area (Å²) in [6.07, 6.45) is 4.07. The molecule has 1 aromatic heterocycles. The number of nitrogens with zero attached hydrogens (tertiary/aromatic N) is 1. The van der Waals surface area contributed by atoms with Gasteiger partial charge in [-0.05, 0) is 53.4 Å². The number of hydrogen-bond acceptors (Lipinski definition) is 4. The van der Waals surface area contributed by atoms with Gasteiger partial charge in [0.15, 0.2) is 0 Å². The van der Waals surface area contributed by atoms with Gasteiger partial charge in [0.25, 0.3) is 0 Å². The van der Waals surface area contributed by atoms with E-state index in [1.165, 1.54) is 0 Å². The van der Waals surface area contributed by atoms with Crippen LogP contribution in [-0.4, -0.2) is 34.0 Å². The lowest BCUT2D eigenvalue weighted by atomic mass is 9.94. The molecule has 158 valence electrons. The summed E-state index contributed by atoms with van der Waals surface area (Å²) in [5.41, 5.74) is 4.91. The quantitative estimate of drug-likeness (QED) is 0.602. The highest BCUT2D eigenvalue weighted by Gasteiger charge is 2.29. The lowest BCUT2D eigenvalue weighted by Crippen LogP contribution is -2.33. The van der Waals surface area contributed by atoms with Gasteiger partial charge in [0.05, 0.1) is 24.9 Å². The Bertz CT molecular complexity index is 1070. The lowest BCUT2D eigenvalue weighted by Gasteiger charge is -2.32. The van der Waals surface area contributed by atoms with Crippen molar-refractivity contribution in [2.24, 2.45) is 0 Å². The van der Waals surface area contributed by atoms with E-state index in [4.69, 9.17) is 16.3 Å². The third kappa shape index (κ3) is 5.72. The maximum absolute atomic E-state index is 10.1. The molecule has 1 fully saturated rings. The number of hydrogen-bond donors (Lipinski definition) is 2. The Morgan fingerprint density at radius 3 is 2.58 bits per heavy atom.